The predicted octanol–water partition coefficient (Wildman–Crippen LogP) is 3.66. The lowest BCUT2D eigenvalue weighted by molar-refractivity contribution is -0.160. The third-order valence-electron chi connectivity index (χ3n) is 5.14. The summed E-state index contributed by atoms with van der Waals surface area (Å²) >= 11 is 0. The maximum atomic E-state index is 11.9. The molecule has 0 spiro atoms. The van der Waals surface area contributed by atoms with Crippen molar-refractivity contribution < 1.29 is 34.4 Å². The first-order valence-corrected chi connectivity index (χ1v) is 11.7. The number of esters is 2. The quantitative estimate of drug-likeness (QED) is 0.199. The van der Waals surface area contributed by atoms with Crippen LogP contribution in [0.3, 0.4) is 0 Å². The number of carbonyl (C=O) groups excluding carboxylic acids is 2. The first-order valence-electron chi connectivity index (χ1n) is 11.7. The van der Waals surface area contributed by atoms with E-state index in [4.69, 9.17) is 19.7 Å². The number of hydrogen-bond acceptors (Lipinski definition) is 7. The lowest BCUT2D eigenvalue weighted by atomic mass is 10.0. The van der Waals surface area contributed by atoms with Crippen molar-refractivity contribution in [1.29, 1.82) is 0 Å². The zero-order chi connectivity index (χ0) is 22.6. The third kappa shape index (κ3) is 17.7. The van der Waals surface area contributed by atoms with Gasteiger partial charge in [0.2, 0.25) is 0 Å². The minimum atomic E-state index is -0.964. The fraction of sp³-hybridized carbons (Fsp3) is 0.913. The molecule has 0 aliphatic heterocycles. The van der Waals surface area contributed by atoms with Gasteiger partial charge in [0.1, 0.15) is 12.2 Å². The molecule has 0 aliphatic carbocycles. The first-order chi connectivity index (χ1) is 14.4. The van der Waals surface area contributed by atoms with Gasteiger partial charge >= 0.3 is 11.9 Å². The van der Waals surface area contributed by atoms with Gasteiger partial charge in [-0.1, -0.05) is 64.7 Å². The van der Waals surface area contributed by atoms with Gasteiger partial charge in [0.05, 0.1) is 25.7 Å². The highest BCUT2D eigenvalue weighted by molar-refractivity contribution is 5.71. The molecule has 0 aromatic rings. The van der Waals surface area contributed by atoms with E-state index in [1.807, 2.05) is 0 Å². The zero-order valence-electron chi connectivity index (χ0n) is 19.0. The second-order valence-electron chi connectivity index (χ2n) is 8.11. The molecule has 0 fully saturated rings. The molecular formula is C23H44O7. The number of aliphatic hydroxyl groups is 3. The number of carbonyl (C=O) groups is 2. The van der Waals surface area contributed by atoms with E-state index >= 15 is 0 Å². The summed E-state index contributed by atoms with van der Waals surface area (Å²) < 4.78 is 10.1. The van der Waals surface area contributed by atoms with Gasteiger partial charge in [-0.25, -0.2) is 0 Å². The van der Waals surface area contributed by atoms with E-state index in [2.05, 4.69) is 6.92 Å². The minimum Gasteiger partial charge on any atom is -0.462 e. The van der Waals surface area contributed by atoms with Crippen molar-refractivity contribution in [2.24, 2.45) is 0 Å². The summed E-state index contributed by atoms with van der Waals surface area (Å²) in [6.07, 6.45) is 11.6. The van der Waals surface area contributed by atoms with E-state index in [9.17, 15) is 14.7 Å². The largest absolute Gasteiger partial charge is 0.462 e. The Labute approximate surface area is 182 Å². The standard InChI is InChI=1S/C23H44O7/c1-3-4-5-6-7-8-9-10-11-13-20(27)14-12-15-21(29-19(2)26)16-23(28)30-22(17-24)18-25/h20-22,24-25,27H,3-18H2,1-2H3/t20-,21-/m1/s1. The molecule has 0 rings (SSSR count). The molecule has 7 heteroatoms. The summed E-state index contributed by atoms with van der Waals surface area (Å²) in [5, 5.41) is 28.1. The Hall–Kier alpha value is -1.18. The summed E-state index contributed by atoms with van der Waals surface area (Å²) in [5.74, 6) is -1.12. The second-order valence-corrected chi connectivity index (χ2v) is 8.11. The van der Waals surface area contributed by atoms with Crippen molar-refractivity contribution in [3.05, 3.63) is 0 Å². The van der Waals surface area contributed by atoms with Gasteiger partial charge in [0, 0.05) is 6.92 Å². The smallest absolute Gasteiger partial charge is 0.309 e. The second kappa shape index (κ2) is 19.8. The zero-order valence-corrected chi connectivity index (χ0v) is 19.0. The van der Waals surface area contributed by atoms with Gasteiger partial charge in [0.25, 0.3) is 0 Å². The third-order valence-corrected chi connectivity index (χ3v) is 5.14. The molecule has 7 nitrogen and oxygen atoms in total. The van der Waals surface area contributed by atoms with Crippen LogP contribution in [0.25, 0.3) is 0 Å². The summed E-state index contributed by atoms with van der Waals surface area (Å²) in [4.78, 5) is 23.1. The van der Waals surface area contributed by atoms with Gasteiger partial charge in [0.15, 0.2) is 0 Å². The predicted molar refractivity (Wildman–Crippen MR) is 116 cm³/mol. The minimum absolute atomic E-state index is 0.134. The van der Waals surface area contributed by atoms with Crippen LogP contribution in [0.5, 0.6) is 0 Å². The van der Waals surface area contributed by atoms with Crippen molar-refractivity contribution >= 4 is 11.9 Å². The SMILES string of the molecule is CCCCCCCCCCC[C@@H](O)CCC[C@H](CC(=O)OC(CO)CO)OC(C)=O. The number of unbranched alkanes of at least 4 members (excludes halogenated alkanes) is 8. The molecule has 0 aromatic carbocycles. The van der Waals surface area contributed by atoms with Gasteiger partial charge in [-0.05, 0) is 25.7 Å². The van der Waals surface area contributed by atoms with Gasteiger partial charge in [-0.3, -0.25) is 9.59 Å². The van der Waals surface area contributed by atoms with Crippen LogP contribution < -0.4 is 0 Å². The maximum absolute atomic E-state index is 11.9. The van der Waals surface area contributed by atoms with Crippen LogP contribution in [0, 0.1) is 0 Å². The van der Waals surface area contributed by atoms with E-state index in [1.54, 1.807) is 0 Å². The van der Waals surface area contributed by atoms with Crippen LogP contribution in [0.1, 0.15) is 104 Å². The summed E-state index contributed by atoms with van der Waals surface area (Å²) in [5.41, 5.74) is 0. The maximum Gasteiger partial charge on any atom is 0.309 e. The molecule has 3 N–H and O–H groups in total. The molecule has 0 aliphatic rings. The Kier molecular flexibility index (Phi) is 19.0. The number of hydrogen-bond donors (Lipinski definition) is 3. The summed E-state index contributed by atoms with van der Waals surface area (Å²) in [7, 11) is 0. The van der Waals surface area contributed by atoms with E-state index in [1.165, 1.54) is 51.9 Å². The van der Waals surface area contributed by atoms with Crippen molar-refractivity contribution in [3.8, 4) is 0 Å². The van der Waals surface area contributed by atoms with Crippen molar-refractivity contribution in [2.75, 3.05) is 13.2 Å². The topological polar surface area (TPSA) is 113 Å². The van der Waals surface area contributed by atoms with Crippen molar-refractivity contribution in [2.45, 2.75) is 122 Å². The Morgan fingerprint density at radius 1 is 0.733 bits per heavy atom. The average Bonchev–Trinajstić information content (AvgIpc) is 2.70. The highest BCUT2D eigenvalue weighted by Crippen LogP contribution is 2.16. The van der Waals surface area contributed by atoms with Crippen molar-refractivity contribution in [1.82, 2.24) is 0 Å². The fourth-order valence-electron chi connectivity index (χ4n) is 3.41. The number of aliphatic hydroxyl groups excluding tert-OH is 3. The normalized spacial score (nSPS) is 13.3. The average molecular weight is 433 g/mol. The molecular weight excluding hydrogens is 388 g/mol. The highest BCUT2D eigenvalue weighted by Gasteiger charge is 2.21. The molecule has 0 aromatic heterocycles. The number of ether oxygens (including phenoxy) is 2. The molecule has 0 heterocycles. The first kappa shape index (κ1) is 28.8. The van der Waals surface area contributed by atoms with Gasteiger partial charge in [-0.2, -0.15) is 0 Å². The lowest BCUT2D eigenvalue weighted by Gasteiger charge is -2.19. The highest BCUT2D eigenvalue weighted by atomic mass is 16.6. The van der Waals surface area contributed by atoms with Crippen LogP contribution in [0.4, 0.5) is 0 Å². The fourth-order valence-corrected chi connectivity index (χ4v) is 3.41. The van der Waals surface area contributed by atoms with Crippen LogP contribution in [0.2, 0.25) is 0 Å². The van der Waals surface area contributed by atoms with E-state index in [-0.39, 0.29) is 12.5 Å². The summed E-state index contributed by atoms with van der Waals surface area (Å²) in [6.45, 7) is 2.57. The monoisotopic (exact) mass is 432 g/mol. The lowest BCUT2D eigenvalue weighted by Crippen LogP contribution is -2.29. The molecule has 0 saturated heterocycles. The molecule has 0 radical (unpaired) electrons. The van der Waals surface area contributed by atoms with Gasteiger partial charge < -0.3 is 24.8 Å². The van der Waals surface area contributed by atoms with E-state index < -0.39 is 37.4 Å². The Morgan fingerprint density at radius 2 is 1.27 bits per heavy atom. The number of rotatable bonds is 20. The van der Waals surface area contributed by atoms with Crippen molar-refractivity contribution in [3.63, 3.8) is 0 Å². The Bertz CT molecular complexity index is 424. The van der Waals surface area contributed by atoms with Gasteiger partial charge in [-0.15, -0.1) is 0 Å². The Morgan fingerprint density at radius 3 is 1.80 bits per heavy atom. The van der Waals surface area contributed by atoms with Crippen LogP contribution in [-0.2, 0) is 19.1 Å². The molecule has 0 bridgehead atoms. The molecule has 0 amide bonds. The van der Waals surface area contributed by atoms with Crippen LogP contribution in [-0.4, -0.2) is 58.8 Å². The molecule has 0 saturated carbocycles. The van der Waals surface area contributed by atoms with E-state index in [0.29, 0.717) is 19.3 Å². The molecule has 30 heavy (non-hydrogen) atoms. The molecule has 2 atom stereocenters. The molecule has 0 unspecified atom stereocenters. The van der Waals surface area contributed by atoms with E-state index in [0.717, 1.165) is 19.3 Å². The van der Waals surface area contributed by atoms with Crippen LogP contribution in [0.15, 0.2) is 0 Å². The molecule has 178 valence electrons. The Balaban J connectivity index is 3.94. The van der Waals surface area contributed by atoms with Crippen LogP contribution >= 0.6 is 0 Å². The summed E-state index contributed by atoms with van der Waals surface area (Å²) in [6, 6.07) is 0.